The second kappa shape index (κ2) is 8.27. The van der Waals surface area contributed by atoms with Crippen LogP contribution in [0.15, 0.2) is 48.2 Å². The number of rotatable bonds is 7. The molecule has 1 aromatic carbocycles. The molecule has 2 heterocycles. The molecule has 0 atom stereocenters. The fourth-order valence-corrected chi connectivity index (χ4v) is 3.24. The summed E-state index contributed by atoms with van der Waals surface area (Å²) in [4.78, 5) is 17.5. The highest BCUT2D eigenvalue weighted by Crippen LogP contribution is 2.34. The van der Waals surface area contributed by atoms with Crippen molar-refractivity contribution < 1.29 is 13.9 Å². The second-order valence-electron chi connectivity index (χ2n) is 6.62. The molecule has 1 aromatic heterocycles. The van der Waals surface area contributed by atoms with Crippen LogP contribution in [0.3, 0.4) is 0 Å². The molecule has 2 aromatic rings. The lowest BCUT2D eigenvalue weighted by Gasteiger charge is -2.38. The van der Waals surface area contributed by atoms with E-state index in [0.717, 1.165) is 0 Å². The molecule has 0 spiro atoms. The van der Waals surface area contributed by atoms with Crippen LogP contribution in [0.5, 0.6) is 5.75 Å². The SMILES string of the molecule is C=CC(=O)N1CC(n2cc(/C(N=C)=C(\c3ccc(F)cc3OC)N(C)N)cn2)C1. The Bertz CT molecular complexity index is 975. The van der Waals surface area contributed by atoms with E-state index in [9.17, 15) is 9.18 Å². The minimum absolute atomic E-state index is 0.0677. The van der Waals surface area contributed by atoms with Gasteiger partial charge in [-0.05, 0) is 24.9 Å². The molecule has 2 N–H and O–H groups in total. The molecule has 0 aliphatic carbocycles. The van der Waals surface area contributed by atoms with Gasteiger partial charge in [0.25, 0.3) is 0 Å². The second-order valence-corrected chi connectivity index (χ2v) is 6.62. The third kappa shape index (κ3) is 3.90. The number of ether oxygens (including phenoxy) is 1. The van der Waals surface area contributed by atoms with Crippen molar-refractivity contribution in [3.63, 3.8) is 0 Å². The van der Waals surface area contributed by atoms with Crippen molar-refractivity contribution in [2.24, 2.45) is 10.8 Å². The number of likely N-dealkylation sites (tertiary alicyclic amines) is 1. The van der Waals surface area contributed by atoms with Crippen LogP contribution in [0.1, 0.15) is 17.2 Å². The van der Waals surface area contributed by atoms with Crippen LogP contribution < -0.4 is 10.6 Å². The van der Waals surface area contributed by atoms with Gasteiger partial charge < -0.3 is 14.6 Å². The first kappa shape index (κ1) is 20.3. The van der Waals surface area contributed by atoms with Crippen molar-refractivity contribution in [3.8, 4) is 5.75 Å². The molecule has 1 amide bonds. The lowest BCUT2D eigenvalue weighted by Crippen LogP contribution is -2.50. The zero-order valence-corrected chi connectivity index (χ0v) is 16.4. The summed E-state index contributed by atoms with van der Waals surface area (Å²) in [7, 11) is 3.11. The predicted molar refractivity (Wildman–Crippen MR) is 109 cm³/mol. The number of hydrogen-bond donors (Lipinski definition) is 1. The maximum Gasteiger partial charge on any atom is 0.246 e. The molecule has 0 unspecified atom stereocenters. The van der Waals surface area contributed by atoms with E-state index in [1.165, 1.54) is 30.3 Å². The van der Waals surface area contributed by atoms with Gasteiger partial charge >= 0.3 is 0 Å². The number of halogens is 1. The van der Waals surface area contributed by atoms with Crippen LogP contribution >= 0.6 is 0 Å². The first-order valence-electron chi connectivity index (χ1n) is 8.88. The van der Waals surface area contributed by atoms with Crippen LogP contribution in [-0.2, 0) is 4.79 Å². The lowest BCUT2D eigenvalue weighted by molar-refractivity contribution is -0.131. The Labute approximate surface area is 168 Å². The molecule has 0 bridgehead atoms. The molecule has 3 rings (SSSR count). The molecule has 1 saturated heterocycles. The minimum atomic E-state index is -0.422. The summed E-state index contributed by atoms with van der Waals surface area (Å²) in [5, 5.41) is 5.78. The van der Waals surface area contributed by atoms with Crippen LogP contribution in [-0.4, -0.2) is 59.6 Å². The van der Waals surface area contributed by atoms with E-state index < -0.39 is 5.82 Å². The van der Waals surface area contributed by atoms with Crippen LogP contribution in [0.4, 0.5) is 4.39 Å². The summed E-state index contributed by atoms with van der Waals surface area (Å²) in [6.45, 7) is 8.28. The highest BCUT2D eigenvalue weighted by atomic mass is 19.1. The number of hydrogen-bond acceptors (Lipinski definition) is 6. The van der Waals surface area contributed by atoms with Gasteiger partial charge in [-0.1, -0.05) is 6.58 Å². The molecule has 8 nitrogen and oxygen atoms in total. The summed E-state index contributed by atoms with van der Waals surface area (Å²) in [6, 6.07) is 4.25. The van der Waals surface area contributed by atoms with Gasteiger partial charge in [-0.2, -0.15) is 5.10 Å². The van der Waals surface area contributed by atoms with Gasteiger partial charge in [0.05, 0.1) is 30.7 Å². The number of methoxy groups -OCH3 is 1. The molecule has 1 aliphatic heterocycles. The predicted octanol–water partition coefficient (Wildman–Crippen LogP) is 1.93. The molecular formula is C20H23FN6O2. The molecule has 1 aliphatic rings. The van der Waals surface area contributed by atoms with E-state index >= 15 is 0 Å². The average molecular weight is 398 g/mol. The van der Waals surface area contributed by atoms with E-state index in [1.54, 1.807) is 28.9 Å². The van der Waals surface area contributed by atoms with Crippen molar-refractivity contribution in [3.05, 3.63) is 60.2 Å². The third-order valence-electron chi connectivity index (χ3n) is 4.75. The van der Waals surface area contributed by atoms with E-state index in [1.807, 2.05) is 6.20 Å². The van der Waals surface area contributed by atoms with Gasteiger partial charge in [-0.25, -0.2) is 10.2 Å². The number of aliphatic imine (C=N–C) groups is 1. The Kier molecular flexibility index (Phi) is 5.79. The zero-order chi connectivity index (χ0) is 21.1. The number of carbonyl (C=O) groups is 1. The largest absolute Gasteiger partial charge is 0.496 e. The van der Waals surface area contributed by atoms with Gasteiger partial charge in [0.2, 0.25) is 5.91 Å². The molecule has 152 valence electrons. The maximum atomic E-state index is 13.6. The van der Waals surface area contributed by atoms with E-state index in [2.05, 4.69) is 23.4 Å². The van der Waals surface area contributed by atoms with Crippen molar-refractivity contribution in [2.75, 3.05) is 27.2 Å². The Morgan fingerprint density at radius 3 is 2.79 bits per heavy atom. The monoisotopic (exact) mass is 398 g/mol. The summed E-state index contributed by atoms with van der Waals surface area (Å²) in [5.74, 6) is 5.87. The normalized spacial score (nSPS) is 14.7. The van der Waals surface area contributed by atoms with E-state index in [0.29, 0.717) is 41.4 Å². The molecule has 1 fully saturated rings. The number of aromatic nitrogens is 2. The fourth-order valence-electron chi connectivity index (χ4n) is 3.24. The zero-order valence-electron chi connectivity index (χ0n) is 16.4. The summed E-state index contributed by atoms with van der Waals surface area (Å²) in [5.41, 5.74) is 2.24. The number of nitrogens with zero attached hydrogens (tertiary/aromatic N) is 5. The molecule has 29 heavy (non-hydrogen) atoms. The van der Waals surface area contributed by atoms with Crippen molar-refractivity contribution >= 4 is 24.0 Å². The number of amides is 1. The Morgan fingerprint density at radius 1 is 1.48 bits per heavy atom. The Hall–Kier alpha value is -3.46. The Morgan fingerprint density at radius 2 is 2.21 bits per heavy atom. The van der Waals surface area contributed by atoms with Gasteiger partial charge in [0, 0.05) is 43.5 Å². The maximum absolute atomic E-state index is 13.6. The smallest absolute Gasteiger partial charge is 0.246 e. The van der Waals surface area contributed by atoms with Gasteiger partial charge in [-0.15, -0.1) is 0 Å². The number of carbonyl (C=O) groups excluding carboxylic acids is 1. The minimum Gasteiger partial charge on any atom is -0.496 e. The quantitative estimate of drug-likeness (QED) is 0.333. The van der Waals surface area contributed by atoms with Gasteiger partial charge in [0.1, 0.15) is 11.6 Å². The number of nitrogens with two attached hydrogens (primary N) is 1. The number of hydrazine groups is 1. The molecular weight excluding hydrogens is 375 g/mol. The van der Waals surface area contributed by atoms with Crippen molar-refractivity contribution in [2.45, 2.75) is 6.04 Å². The lowest BCUT2D eigenvalue weighted by atomic mass is 10.1. The van der Waals surface area contributed by atoms with Crippen LogP contribution in [0.25, 0.3) is 11.4 Å². The standard InChI is InChI=1S/C20H23FN6O2/c1-5-18(28)26-11-15(12-26)27-10-13(9-24-27)19(23-2)20(25(3)22)16-7-6-14(21)8-17(16)29-4/h5-10,15H,1-2,11-12,22H2,3-4H3/b20-19-. The van der Waals surface area contributed by atoms with E-state index in [4.69, 9.17) is 10.6 Å². The fraction of sp³-hybridized carbons (Fsp3) is 0.250. The van der Waals surface area contributed by atoms with Crippen molar-refractivity contribution in [1.82, 2.24) is 19.7 Å². The van der Waals surface area contributed by atoms with E-state index in [-0.39, 0.29) is 11.9 Å². The van der Waals surface area contributed by atoms with Crippen LogP contribution in [0, 0.1) is 5.82 Å². The third-order valence-corrected chi connectivity index (χ3v) is 4.75. The number of benzene rings is 1. The first-order valence-corrected chi connectivity index (χ1v) is 8.88. The molecule has 0 radical (unpaired) electrons. The topological polar surface area (TPSA) is 89.0 Å². The average Bonchev–Trinajstić information content (AvgIpc) is 3.13. The van der Waals surface area contributed by atoms with Gasteiger partial charge in [0.15, 0.2) is 0 Å². The summed E-state index contributed by atoms with van der Waals surface area (Å²) < 4.78 is 20.7. The summed E-state index contributed by atoms with van der Waals surface area (Å²) in [6.07, 6.45) is 4.78. The molecule has 9 heteroatoms. The molecule has 0 saturated carbocycles. The first-order chi connectivity index (χ1) is 13.9. The highest BCUT2D eigenvalue weighted by molar-refractivity contribution is 5.91. The highest BCUT2D eigenvalue weighted by Gasteiger charge is 2.31. The Balaban J connectivity index is 1.98. The van der Waals surface area contributed by atoms with Gasteiger partial charge in [-0.3, -0.25) is 14.5 Å². The van der Waals surface area contributed by atoms with Crippen LogP contribution in [0.2, 0.25) is 0 Å². The van der Waals surface area contributed by atoms with Crippen molar-refractivity contribution in [1.29, 1.82) is 0 Å². The summed E-state index contributed by atoms with van der Waals surface area (Å²) >= 11 is 0.